The maximum Gasteiger partial charge on any atom is 0.135 e. The van der Waals surface area contributed by atoms with Gasteiger partial charge < -0.3 is 4.42 Å². The van der Waals surface area contributed by atoms with Crippen molar-refractivity contribution in [1.29, 1.82) is 0 Å². The van der Waals surface area contributed by atoms with E-state index in [9.17, 15) is 0 Å². The van der Waals surface area contributed by atoms with Crippen LogP contribution in [0.1, 0.15) is 11.1 Å². The smallest absolute Gasteiger partial charge is 0.135 e. The zero-order valence-electron chi connectivity index (χ0n) is 13.4. The highest BCUT2D eigenvalue weighted by Gasteiger charge is 2.14. The summed E-state index contributed by atoms with van der Waals surface area (Å²) < 4.78 is 5.94. The second-order valence-corrected chi connectivity index (χ2v) is 6.48. The Morgan fingerprint density at radius 2 is 1.56 bits per heavy atom. The Balaban J connectivity index is 1.64. The molecule has 0 saturated heterocycles. The van der Waals surface area contributed by atoms with Crippen molar-refractivity contribution in [1.82, 2.24) is 4.98 Å². The van der Waals surface area contributed by atoms with Crippen LogP contribution in [0, 0.1) is 0 Å². The predicted octanol–water partition coefficient (Wildman–Crippen LogP) is 6.29. The number of para-hydroxylation sites is 1. The fourth-order valence-electron chi connectivity index (χ4n) is 3.83. The number of hydrogen-bond acceptors (Lipinski definition) is 2. The summed E-state index contributed by atoms with van der Waals surface area (Å²) in [4.78, 5) is 4.91. The van der Waals surface area contributed by atoms with E-state index in [1.54, 1.807) is 0 Å². The van der Waals surface area contributed by atoms with E-state index in [1.807, 2.05) is 24.3 Å². The third-order valence-electron chi connectivity index (χ3n) is 5.01. The summed E-state index contributed by atoms with van der Waals surface area (Å²) in [7, 11) is 0. The van der Waals surface area contributed by atoms with Crippen LogP contribution in [0.15, 0.2) is 71.1 Å². The summed E-state index contributed by atoms with van der Waals surface area (Å²) in [6.45, 7) is 0. The maximum atomic E-state index is 5.94. The second kappa shape index (κ2) is 4.58. The summed E-state index contributed by atoms with van der Waals surface area (Å²) in [5, 5.41) is 3.53. The van der Waals surface area contributed by atoms with E-state index < -0.39 is 0 Å². The van der Waals surface area contributed by atoms with Gasteiger partial charge in [0.25, 0.3) is 0 Å². The molecule has 2 aromatic heterocycles. The summed E-state index contributed by atoms with van der Waals surface area (Å²) in [5.74, 6) is 0. The molecule has 0 spiro atoms. The zero-order chi connectivity index (χ0) is 16.4. The minimum absolute atomic E-state index is 0.914. The molecule has 2 heterocycles. The first-order chi connectivity index (χ1) is 12.4. The number of rotatable bonds is 1. The van der Waals surface area contributed by atoms with Crippen molar-refractivity contribution in [3.63, 3.8) is 0 Å². The lowest BCUT2D eigenvalue weighted by atomic mass is 10.0. The third kappa shape index (κ3) is 1.76. The fraction of sp³-hybridized carbons (Fsp3) is 0. The molecule has 0 amide bonds. The summed E-state index contributed by atoms with van der Waals surface area (Å²) in [6, 6.07) is 23.0. The van der Waals surface area contributed by atoms with Crippen LogP contribution in [-0.4, -0.2) is 4.98 Å². The van der Waals surface area contributed by atoms with Gasteiger partial charge in [-0.05, 0) is 47.5 Å². The predicted molar refractivity (Wildman–Crippen MR) is 103 cm³/mol. The number of hydrogen-bond donors (Lipinski definition) is 0. The minimum atomic E-state index is 0.914. The molecule has 0 bridgehead atoms. The van der Waals surface area contributed by atoms with Crippen LogP contribution in [0.2, 0.25) is 0 Å². The van der Waals surface area contributed by atoms with Gasteiger partial charge in [0.15, 0.2) is 0 Å². The van der Waals surface area contributed by atoms with Crippen molar-refractivity contribution in [2.24, 2.45) is 0 Å². The molecule has 0 aliphatic heterocycles. The molecule has 0 N–H and O–H groups in total. The molecule has 5 aromatic rings. The number of fused-ring (bicyclic) bond motifs is 3. The van der Waals surface area contributed by atoms with Gasteiger partial charge in [0, 0.05) is 21.7 Å². The average molecular weight is 319 g/mol. The lowest BCUT2D eigenvalue weighted by Gasteiger charge is -2.06. The van der Waals surface area contributed by atoms with E-state index in [-0.39, 0.29) is 0 Å². The van der Waals surface area contributed by atoms with Crippen molar-refractivity contribution >= 4 is 45.0 Å². The average Bonchev–Trinajstić information content (AvgIpc) is 3.24. The number of pyridine rings is 1. The first kappa shape index (κ1) is 13.0. The van der Waals surface area contributed by atoms with Crippen LogP contribution < -0.4 is 0 Å². The molecule has 2 heteroatoms. The van der Waals surface area contributed by atoms with Gasteiger partial charge in [-0.15, -0.1) is 0 Å². The lowest BCUT2D eigenvalue weighted by Crippen LogP contribution is -1.88. The highest BCUT2D eigenvalue weighted by molar-refractivity contribution is 6.07. The molecule has 1 aliphatic rings. The maximum absolute atomic E-state index is 5.94. The summed E-state index contributed by atoms with van der Waals surface area (Å²) >= 11 is 0. The van der Waals surface area contributed by atoms with Gasteiger partial charge in [-0.1, -0.05) is 42.5 Å². The molecule has 1 aliphatic carbocycles. The van der Waals surface area contributed by atoms with E-state index in [1.165, 1.54) is 16.5 Å². The standard InChI is InChI=1S/C23H13NO/c1-2-7-21-17(5-1)18-12-15(10-11-22(18)25-21)20-13-16-9-8-14-4-3-6-19(24-20)23(14)16/h1-13H. The zero-order valence-corrected chi connectivity index (χ0v) is 13.4. The van der Waals surface area contributed by atoms with E-state index in [4.69, 9.17) is 9.40 Å². The molecule has 0 atom stereocenters. The molecule has 25 heavy (non-hydrogen) atoms. The van der Waals surface area contributed by atoms with E-state index >= 15 is 0 Å². The van der Waals surface area contributed by atoms with Gasteiger partial charge in [0.1, 0.15) is 11.2 Å². The Morgan fingerprint density at radius 1 is 0.680 bits per heavy atom. The van der Waals surface area contributed by atoms with E-state index in [2.05, 4.69) is 54.6 Å². The van der Waals surface area contributed by atoms with Crippen LogP contribution in [0.5, 0.6) is 0 Å². The number of nitrogens with zero attached hydrogens (tertiary/aromatic N) is 1. The van der Waals surface area contributed by atoms with Crippen LogP contribution in [-0.2, 0) is 0 Å². The third-order valence-corrected chi connectivity index (χ3v) is 5.01. The van der Waals surface area contributed by atoms with Crippen LogP contribution in [0.25, 0.3) is 56.3 Å². The van der Waals surface area contributed by atoms with Gasteiger partial charge in [-0.25, -0.2) is 4.98 Å². The Hall–Kier alpha value is -3.39. The largest absolute Gasteiger partial charge is 0.456 e. The van der Waals surface area contributed by atoms with E-state index in [0.717, 1.165) is 38.7 Å². The quantitative estimate of drug-likeness (QED) is 0.356. The van der Waals surface area contributed by atoms with E-state index in [0.29, 0.717) is 0 Å². The highest BCUT2D eigenvalue weighted by Crippen LogP contribution is 2.35. The van der Waals surface area contributed by atoms with Crippen molar-refractivity contribution in [2.45, 2.75) is 0 Å². The first-order valence-electron chi connectivity index (χ1n) is 8.40. The molecule has 0 fully saturated rings. The Morgan fingerprint density at radius 3 is 2.56 bits per heavy atom. The number of benzene rings is 3. The molecule has 2 nitrogen and oxygen atoms in total. The van der Waals surface area contributed by atoms with Gasteiger partial charge in [0.2, 0.25) is 0 Å². The molecule has 3 aromatic carbocycles. The van der Waals surface area contributed by atoms with Crippen LogP contribution >= 0.6 is 0 Å². The van der Waals surface area contributed by atoms with Crippen molar-refractivity contribution in [2.75, 3.05) is 0 Å². The molecule has 6 rings (SSSR count). The monoisotopic (exact) mass is 319 g/mol. The van der Waals surface area contributed by atoms with Gasteiger partial charge in [0.05, 0.1) is 11.2 Å². The second-order valence-electron chi connectivity index (χ2n) is 6.48. The first-order valence-corrected chi connectivity index (χ1v) is 8.40. The SMILES string of the molecule is C1=Cc2cc(-c3ccc4oc5ccccc5c4c3)nc3cccc1c23. The molecule has 0 saturated carbocycles. The Labute approximate surface area is 144 Å². The summed E-state index contributed by atoms with van der Waals surface area (Å²) in [6.07, 6.45) is 4.34. The normalized spacial score (nSPS) is 12.6. The highest BCUT2D eigenvalue weighted by atomic mass is 16.3. The van der Waals surface area contributed by atoms with Gasteiger partial charge in [-0.2, -0.15) is 0 Å². The molecular weight excluding hydrogens is 306 g/mol. The fourth-order valence-corrected chi connectivity index (χ4v) is 3.83. The molecular formula is C23H13NO. The summed E-state index contributed by atoms with van der Waals surface area (Å²) in [5.41, 5.74) is 7.49. The van der Waals surface area contributed by atoms with Crippen molar-refractivity contribution < 1.29 is 4.42 Å². The van der Waals surface area contributed by atoms with Crippen LogP contribution in [0.4, 0.5) is 0 Å². The molecule has 0 radical (unpaired) electrons. The minimum Gasteiger partial charge on any atom is -0.456 e. The van der Waals surface area contributed by atoms with Crippen LogP contribution in [0.3, 0.4) is 0 Å². The Bertz CT molecular complexity index is 1340. The topological polar surface area (TPSA) is 26.0 Å². The van der Waals surface area contributed by atoms with Gasteiger partial charge >= 0.3 is 0 Å². The number of aromatic nitrogens is 1. The molecule has 116 valence electrons. The number of furan rings is 1. The van der Waals surface area contributed by atoms with Crippen molar-refractivity contribution in [3.05, 3.63) is 77.9 Å². The van der Waals surface area contributed by atoms with Crippen molar-refractivity contribution in [3.8, 4) is 11.3 Å². The Kier molecular flexibility index (Phi) is 2.37. The molecule has 0 unspecified atom stereocenters. The van der Waals surface area contributed by atoms with Gasteiger partial charge in [-0.3, -0.25) is 0 Å². The lowest BCUT2D eigenvalue weighted by molar-refractivity contribution is 0.669.